The number of thioether (sulfide) groups is 1. The van der Waals surface area contributed by atoms with Gasteiger partial charge < -0.3 is 5.73 Å². The van der Waals surface area contributed by atoms with Crippen molar-refractivity contribution in [3.8, 4) is 0 Å². The number of nitrogens with zero attached hydrogens (tertiary/aromatic N) is 1. The van der Waals surface area contributed by atoms with E-state index in [1.807, 2.05) is 0 Å². The SMILES string of the molecule is NC1(CN2CCSCC2)CC1. The van der Waals surface area contributed by atoms with Crippen LogP contribution in [0.15, 0.2) is 0 Å². The Bertz CT molecular complexity index is 139. The molecule has 64 valence electrons. The van der Waals surface area contributed by atoms with Gasteiger partial charge in [-0.1, -0.05) is 0 Å². The minimum absolute atomic E-state index is 0.224. The molecule has 1 saturated heterocycles. The molecule has 0 aromatic rings. The van der Waals surface area contributed by atoms with Gasteiger partial charge >= 0.3 is 0 Å². The Labute approximate surface area is 72.5 Å². The number of rotatable bonds is 2. The number of hydrogen-bond donors (Lipinski definition) is 1. The Balaban J connectivity index is 1.76. The van der Waals surface area contributed by atoms with E-state index in [1.54, 1.807) is 0 Å². The fourth-order valence-corrected chi connectivity index (χ4v) is 2.50. The molecule has 2 rings (SSSR count). The van der Waals surface area contributed by atoms with Gasteiger partial charge in [-0.05, 0) is 12.8 Å². The Kier molecular flexibility index (Phi) is 2.12. The average molecular weight is 172 g/mol. The van der Waals surface area contributed by atoms with E-state index in [0.29, 0.717) is 0 Å². The van der Waals surface area contributed by atoms with Crippen molar-refractivity contribution in [3.05, 3.63) is 0 Å². The maximum absolute atomic E-state index is 6.03. The van der Waals surface area contributed by atoms with E-state index in [0.717, 1.165) is 6.54 Å². The van der Waals surface area contributed by atoms with Gasteiger partial charge in [0, 0.05) is 36.7 Å². The molecule has 0 aromatic carbocycles. The van der Waals surface area contributed by atoms with Crippen LogP contribution in [0.2, 0.25) is 0 Å². The predicted molar refractivity (Wildman–Crippen MR) is 49.9 cm³/mol. The van der Waals surface area contributed by atoms with E-state index in [1.165, 1.54) is 37.4 Å². The molecule has 2 aliphatic rings. The average Bonchev–Trinajstić information content (AvgIpc) is 2.70. The van der Waals surface area contributed by atoms with Gasteiger partial charge in [0.1, 0.15) is 0 Å². The van der Waals surface area contributed by atoms with Gasteiger partial charge in [0.05, 0.1) is 0 Å². The van der Waals surface area contributed by atoms with Crippen LogP contribution >= 0.6 is 11.8 Å². The fraction of sp³-hybridized carbons (Fsp3) is 1.00. The van der Waals surface area contributed by atoms with Crippen LogP contribution in [0.25, 0.3) is 0 Å². The zero-order chi connectivity index (χ0) is 7.73. The molecule has 1 aliphatic heterocycles. The van der Waals surface area contributed by atoms with Gasteiger partial charge in [0.2, 0.25) is 0 Å². The third kappa shape index (κ3) is 2.10. The van der Waals surface area contributed by atoms with Gasteiger partial charge in [-0.15, -0.1) is 0 Å². The minimum atomic E-state index is 0.224. The Morgan fingerprint density at radius 1 is 1.27 bits per heavy atom. The van der Waals surface area contributed by atoms with Crippen LogP contribution in [0, 0.1) is 0 Å². The molecule has 1 saturated carbocycles. The van der Waals surface area contributed by atoms with E-state index < -0.39 is 0 Å². The van der Waals surface area contributed by atoms with Crippen molar-refractivity contribution in [1.29, 1.82) is 0 Å². The predicted octanol–water partition coefficient (Wildman–Crippen LogP) is 0.526. The molecule has 1 aliphatic carbocycles. The van der Waals surface area contributed by atoms with E-state index >= 15 is 0 Å². The largest absolute Gasteiger partial charge is 0.324 e. The van der Waals surface area contributed by atoms with Crippen LogP contribution in [0.1, 0.15) is 12.8 Å². The molecule has 0 amide bonds. The summed E-state index contributed by atoms with van der Waals surface area (Å²) in [6.07, 6.45) is 2.49. The third-order valence-electron chi connectivity index (χ3n) is 2.53. The lowest BCUT2D eigenvalue weighted by molar-refractivity contribution is 0.275. The van der Waals surface area contributed by atoms with Crippen molar-refractivity contribution in [1.82, 2.24) is 4.90 Å². The number of nitrogens with two attached hydrogens (primary N) is 1. The molecule has 0 aromatic heterocycles. The second-order valence-corrected chi connectivity index (χ2v) is 4.98. The lowest BCUT2D eigenvalue weighted by atomic mass is 10.2. The van der Waals surface area contributed by atoms with Gasteiger partial charge in [-0.25, -0.2) is 0 Å². The Morgan fingerprint density at radius 2 is 1.91 bits per heavy atom. The first kappa shape index (κ1) is 7.90. The second kappa shape index (κ2) is 2.96. The summed E-state index contributed by atoms with van der Waals surface area (Å²) in [4.78, 5) is 2.52. The molecule has 0 unspecified atom stereocenters. The summed E-state index contributed by atoms with van der Waals surface area (Å²) in [5.74, 6) is 2.60. The van der Waals surface area contributed by atoms with Crippen molar-refractivity contribution in [2.45, 2.75) is 18.4 Å². The van der Waals surface area contributed by atoms with Crippen LogP contribution < -0.4 is 5.73 Å². The molecule has 0 bridgehead atoms. The van der Waals surface area contributed by atoms with E-state index in [9.17, 15) is 0 Å². The Hall–Kier alpha value is 0.270. The summed E-state index contributed by atoms with van der Waals surface area (Å²) in [7, 11) is 0. The lowest BCUT2D eigenvalue weighted by Crippen LogP contribution is -2.43. The molecule has 3 heteroatoms. The quantitative estimate of drug-likeness (QED) is 0.659. The standard InChI is InChI=1S/C8H16N2S/c9-8(1-2-8)7-10-3-5-11-6-4-10/h1-7,9H2. The highest BCUT2D eigenvalue weighted by Gasteiger charge is 2.39. The summed E-state index contributed by atoms with van der Waals surface area (Å²) in [5, 5.41) is 0. The van der Waals surface area contributed by atoms with Crippen molar-refractivity contribution in [3.63, 3.8) is 0 Å². The number of hydrogen-bond acceptors (Lipinski definition) is 3. The van der Waals surface area contributed by atoms with Crippen molar-refractivity contribution < 1.29 is 0 Å². The molecular formula is C8H16N2S. The van der Waals surface area contributed by atoms with Gasteiger partial charge in [0.25, 0.3) is 0 Å². The monoisotopic (exact) mass is 172 g/mol. The van der Waals surface area contributed by atoms with Gasteiger partial charge in [-0.2, -0.15) is 11.8 Å². The van der Waals surface area contributed by atoms with Crippen LogP contribution in [0.5, 0.6) is 0 Å². The van der Waals surface area contributed by atoms with Gasteiger partial charge in [-0.3, -0.25) is 4.90 Å². The van der Waals surface area contributed by atoms with Gasteiger partial charge in [0.15, 0.2) is 0 Å². The molecule has 0 spiro atoms. The molecule has 2 N–H and O–H groups in total. The smallest absolute Gasteiger partial charge is 0.0284 e. The summed E-state index contributed by atoms with van der Waals surface area (Å²) < 4.78 is 0. The third-order valence-corrected chi connectivity index (χ3v) is 3.48. The topological polar surface area (TPSA) is 29.3 Å². The summed E-state index contributed by atoms with van der Waals surface area (Å²) >= 11 is 2.06. The first-order valence-electron chi connectivity index (χ1n) is 4.38. The van der Waals surface area contributed by atoms with Crippen LogP contribution in [-0.2, 0) is 0 Å². The fourth-order valence-electron chi connectivity index (χ4n) is 1.52. The maximum atomic E-state index is 6.03. The zero-order valence-corrected chi connectivity index (χ0v) is 7.70. The lowest BCUT2D eigenvalue weighted by Gasteiger charge is -2.28. The molecule has 11 heavy (non-hydrogen) atoms. The normalized spacial score (nSPS) is 30.3. The van der Waals surface area contributed by atoms with Crippen LogP contribution in [-0.4, -0.2) is 41.6 Å². The van der Waals surface area contributed by atoms with Crippen molar-refractivity contribution >= 4 is 11.8 Å². The highest BCUT2D eigenvalue weighted by Crippen LogP contribution is 2.33. The molecule has 0 atom stereocenters. The highest BCUT2D eigenvalue weighted by molar-refractivity contribution is 7.99. The van der Waals surface area contributed by atoms with E-state index in [-0.39, 0.29) is 5.54 Å². The van der Waals surface area contributed by atoms with Crippen molar-refractivity contribution in [2.24, 2.45) is 5.73 Å². The molecular weight excluding hydrogens is 156 g/mol. The van der Waals surface area contributed by atoms with Crippen molar-refractivity contribution in [2.75, 3.05) is 31.1 Å². The van der Waals surface area contributed by atoms with Crippen LogP contribution in [0.3, 0.4) is 0 Å². The minimum Gasteiger partial charge on any atom is -0.324 e. The molecule has 1 heterocycles. The second-order valence-electron chi connectivity index (χ2n) is 3.75. The molecule has 0 radical (unpaired) electrons. The van der Waals surface area contributed by atoms with E-state index in [4.69, 9.17) is 5.73 Å². The maximum Gasteiger partial charge on any atom is 0.0284 e. The molecule has 2 nitrogen and oxygen atoms in total. The van der Waals surface area contributed by atoms with Crippen LogP contribution in [0.4, 0.5) is 0 Å². The summed E-state index contributed by atoms with van der Waals surface area (Å²) in [6.45, 7) is 3.65. The summed E-state index contributed by atoms with van der Waals surface area (Å²) in [5.41, 5.74) is 6.25. The Morgan fingerprint density at radius 3 is 2.45 bits per heavy atom. The first-order valence-corrected chi connectivity index (χ1v) is 5.53. The highest BCUT2D eigenvalue weighted by atomic mass is 32.2. The summed E-state index contributed by atoms with van der Waals surface area (Å²) in [6, 6.07) is 0. The zero-order valence-electron chi connectivity index (χ0n) is 6.88. The molecule has 2 fully saturated rings. The first-order chi connectivity index (χ1) is 5.29. The van der Waals surface area contributed by atoms with E-state index in [2.05, 4.69) is 16.7 Å².